The van der Waals surface area contributed by atoms with Gasteiger partial charge in [0.1, 0.15) is 0 Å². The van der Waals surface area contributed by atoms with E-state index in [1.807, 2.05) is 0 Å². The first kappa shape index (κ1) is 22.8. The third-order valence-corrected chi connectivity index (χ3v) is 7.75. The van der Waals surface area contributed by atoms with Crippen LogP contribution in [0.2, 0.25) is 0 Å². The molecule has 0 unspecified atom stereocenters. The van der Waals surface area contributed by atoms with Crippen molar-refractivity contribution >= 4 is 0 Å². The summed E-state index contributed by atoms with van der Waals surface area (Å²) in [6, 6.07) is 32.9. The van der Waals surface area contributed by atoms with Gasteiger partial charge in [0.2, 0.25) is 0 Å². The van der Waals surface area contributed by atoms with Crippen molar-refractivity contribution in [2.45, 2.75) is 69.6 Å². The molecule has 0 aliphatic heterocycles. The van der Waals surface area contributed by atoms with E-state index >= 15 is 0 Å². The fraction of sp³-hybridized carbons (Fsp3) is 0.400. The van der Waals surface area contributed by atoms with E-state index in [9.17, 15) is 5.11 Å². The molecule has 0 aromatic heterocycles. The zero-order valence-electron chi connectivity index (χ0n) is 19.5. The Morgan fingerprint density at radius 3 is 1.38 bits per heavy atom. The Morgan fingerprint density at radius 2 is 1.03 bits per heavy atom. The van der Waals surface area contributed by atoms with Gasteiger partial charge in [-0.1, -0.05) is 105 Å². The van der Waals surface area contributed by atoms with Crippen LogP contribution in [0.15, 0.2) is 91.0 Å². The molecule has 3 aromatic carbocycles. The van der Waals surface area contributed by atoms with E-state index in [1.54, 1.807) is 0 Å². The smallest absolute Gasteiger partial charge is 0.0950 e. The van der Waals surface area contributed by atoms with E-state index in [4.69, 9.17) is 0 Å². The molecule has 0 atom stereocenters. The molecule has 1 saturated carbocycles. The van der Waals surface area contributed by atoms with Crippen molar-refractivity contribution < 1.29 is 5.11 Å². The summed E-state index contributed by atoms with van der Waals surface area (Å²) in [7, 11) is 0. The molecule has 0 saturated heterocycles. The summed E-state index contributed by atoms with van der Waals surface area (Å²) in [4.78, 5) is 0. The van der Waals surface area contributed by atoms with E-state index in [0.29, 0.717) is 12.0 Å². The number of nitrogens with one attached hydrogen (secondary N) is 1. The Morgan fingerprint density at radius 1 is 0.656 bits per heavy atom. The maximum absolute atomic E-state index is 11.1. The van der Waals surface area contributed by atoms with Crippen LogP contribution in [0.4, 0.5) is 0 Å². The second-order valence-electron chi connectivity index (χ2n) is 9.35. The lowest BCUT2D eigenvalue weighted by molar-refractivity contribution is -0.0427. The van der Waals surface area contributed by atoms with Gasteiger partial charge in [-0.25, -0.2) is 0 Å². The summed E-state index contributed by atoms with van der Waals surface area (Å²) < 4.78 is 0. The topological polar surface area (TPSA) is 32.3 Å². The lowest BCUT2D eigenvalue weighted by atomic mass is 9.71. The third kappa shape index (κ3) is 4.40. The van der Waals surface area contributed by atoms with Crippen LogP contribution in [-0.2, 0) is 5.54 Å². The maximum Gasteiger partial charge on any atom is 0.0950 e. The van der Waals surface area contributed by atoms with E-state index in [1.165, 1.54) is 16.7 Å². The van der Waals surface area contributed by atoms with Crippen molar-refractivity contribution in [1.29, 1.82) is 0 Å². The molecule has 2 nitrogen and oxygen atoms in total. The number of rotatable bonds is 8. The maximum atomic E-state index is 11.1. The van der Waals surface area contributed by atoms with Gasteiger partial charge in [0.05, 0.1) is 11.1 Å². The van der Waals surface area contributed by atoms with Crippen molar-refractivity contribution in [2.24, 2.45) is 5.92 Å². The van der Waals surface area contributed by atoms with Crippen LogP contribution in [0.1, 0.15) is 69.1 Å². The lowest BCUT2D eigenvalue weighted by Crippen LogP contribution is -2.52. The highest BCUT2D eigenvalue weighted by Crippen LogP contribution is 2.41. The van der Waals surface area contributed by atoms with Crippen LogP contribution in [0.5, 0.6) is 0 Å². The summed E-state index contributed by atoms with van der Waals surface area (Å²) in [6.07, 6.45) is 6.00. The number of hydrogen-bond acceptors (Lipinski definition) is 2. The Balaban J connectivity index is 1.71. The van der Waals surface area contributed by atoms with Gasteiger partial charge in [-0.2, -0.15) is 0 Å². The third-order valence-electron chi connectivity index (χ3n) is 7.75. The Labute approximate surface area is 193 Å². The molecule has 4 rings (SSSR count). The summed E-state index contributed by atoms with van der Waals surface area (Å²) in [6.45, 7) is 4.25. The van der Waals surface area contributed by atoms with Crippen molar-refractivity contribution in [1.82, 2.24) is 5.32 Å². The predicted molar refractivity (Wildman–Crippen MR) is 134 cm³/mol. The molecule has 2 N–H and O–H groups in total. The molecule has 0 bridgehead atoms. The molecule has 168 valence electrons. The van der Waals surface area contributed by atoms with Crippen LogP contribution < -0.4 is 5.32 Å². The van der Waals surface area contributed by atoms with Gasteiger partial charge in [0, 0.05) is 6.04 Å². The number of hydrogen-bond donors (Lipinski definition) is 2. The van der Waals surface area contributed by atoms with Crippen molar-refractivity contribution in [2.75, 3.05) is 0 Å². The molecular formula is C30H37NO. The average molecular weight is 428 g/mol. The predicted octanol–water partition coefficient (Wildman–Crippen LogP) is 6.68. The zero-order chi connectivity index (χ0) is 22.4. The van der Waals surface area contributed by atoms with Crippen LogP contribution in [0.3, 0.4) is 0 Å². The monoisotopic (exact) mass is 427 g/mol. The minimum absolute atomic E-state index is 0.393. The van der Waals surface area contributed by atoms with Gasteiger partial charge in [0.25, 0.3) is 0 Å². The first-order valence-corrected chi connectivity index (χ1v) is 12.3. The second-order valence-corrected chi connectivity index (χ2v) is 9.35. The lowest BCUT2D eigenvalue weighted by Gasteiger charge is -2.44. The normalized spacial score (nSPS) is 19.6. The summed E-state index contributed by atoms with van der Waals surface area (Å²) >= 11 is 0. The van der Waals surface area contributed by atoms with Gasteiger partial charge < -0.3 is 5.11 Å². The minimum atomic E-state index is -0.514. The van der Waals surface area contributed by atoms with Crippen LogP contribution in [0, 0.1) is 5.92 Å². The molecule has 3 aromatic rings. The fourth-order valence-corrected chi connectivity index (χ4v) is 5.72. The molecule has 1 aliphatic rings. The van der Waals surface area contributed by atoms with Crippen LogP contribution >= 0.6 is 0 Å². The molecule has 0 spiro atoms. The molecular weight excluding hydrogens is 390 g/mol. The molecule has 0 radical (unpaired) electrons. The largest absolute Gasteiger partial charge is 0.390 e. The number of aliphatic hydroxyl groups is 1. The minimum Gasteiger partial charge on any atom is -0.390 e. The Kier molecular flexibility index (Phi) is 7.13. The van der Waals surface area contributed by atoms with Crippen LogP contribution in [0.25, 0.3) is 0 Å². The van der Waals surface area contributed by atoms with Crippen molar-refractivity contribution in [3.05, 3.63) is 108 Å². The van der Waals surface area contributed by atoms with E-state index < -0.39 is 11.1 Å². The van der Waals surface area contributed by atoms with Crippen LogP contribution in [-0.4, -0.2) is 16.7 Å². The molecule has 32 heavy (non-hydrogen) atoms. The standard InChI is InChI=1S/C30H37NO/c1-3-29(32,4-2)24-20-22-28(23-21-24)31-30(25-14-8-5-9-15-25,26-16-10-6-11-17-26)27-18-12-7-13-19-27/h5-19,24,28,31-32H,3-4,20-23H2,1-2H3. The highest BCUT2D eigenvalue weighted by atomic mass is 16.3. The first-order valence-electron chi connectivity index (χ1n) is 12.3. The molecule has 2 heteroatoms. The summed E-state index contributed by atoms with van der Waals surface area (Å²) in [5.41, 5.74) is 2.86. The quantitative estimate of drug-likeness (QED) is 0.393. The first-order chi connectivity index (χ1) is 15.6. The number of benzene rings is 3. The SMILES string of the molecule is CCC(O)(CC)C1CCC(NC(c2ccccc2)(c2ccccc2)c2ccccc2)CC1. The molecule has 1 aliphatic carbocycles. The Hall–Kier alpha value is -2.42. The second kappa shape index (κ2) is 10.0. The van der Waals surface area contributed by atoms with Gasteiger partial charge in [0.15, 0.2) is 0 Å². The van der Waals surface area contributed by atoms with E-state index in [0.717, 1.165) is 38.5 Å². The highest BCUT2D eigenvalue weighted by Gasteiger charge is 2.41. The van der Waals surface area contributed by atoms with Gasteiger partial charge >= 0.3 is 0 Å². The summed E-state index contributed by atoms with van der Waals surface area (Å²) in [5, 5.41) is 15.2. The fourth-order valence-electron chi connectivity index (χ4n) is 5.72. The summed E-state index contributed by atoms with van der Waals surface area (Å²) in [5.74, 6) is 0.398. The van der Waals surface area contributed by atoms with Gasteiger partial charge in [-0.05, 0) is 61.1 Å². The molecule has 1 fully saturated rings. The van der Waals surface area contributed by atoms with Gasteiger partial charge in [-0.15, -0.1) is 0 Å². The van der Waals surface area contributed by atoms with Crippen molar-refractivity contribution in [3.8, 4) is 0 Å². The molecule has 0 amide bonds. The highest BCUT2D eigenvalue weighted by molar-refractivity contribution is 5.49. The molecule has 0 heterocycles. The van der Waals surface area contributed by atoms with Crippen molar-refractivity contribution in [3.63, 3.8) is 0 Å². The van der Waals surface area contributed by atoms with Gasteiger partial charge in [-0.3, -0.25) is 5.32 Å². The zero-order valence-corrected chi connectivity index (χ0v) is 19.5. The average Bonchev–Trinajstić information content (AvgIpc) is 2.89. The Bertz CT molecular complexity index is 845. The van der Waals surface area contributed by atoms with E-state index in [-0.39, 0.29) is 0 Å². The van der Waals surface area contributed by atoms with E-state index in [2.05, 4.69) is 110 Å².